The van der Waals surface area contributed by atoms with E-state index in [1.165, 1.54) is 12.8 Å². The maximum absolute atomic E-state index is 5.29. The number of hydrogen-bond acceptors (Lipinski definition) is 5. The number of rotatable bonds is 4. The fourth-order valence-electron chi connectivity index (χ4n) is 2.60. The molecule has 0 N–H and O–H groups in total. The van der Waals surface area contributed by atoms with E-state index in [1.807, 2.05) is 24.7 Å². The number of pyridine rings is 2. The first-order valence-corrected chi connectivity index (χ1v) is 7.21. The molecule has 1 aliphatic rings. The molecule has 0 unspecified atom stereocenters. The predicted molar refractivity (Wildman–Crippen MR) is 82.1 cm³/mol. The second kappa shape index (κ2) is 4.98. The molecule has 3 aromatic heterocycles. The zero-order valence-electron chi connectivity index (χ0n) is 12.5. The minimum atomic E-state index is 0.463. The third-order valence-electron chi connectivity index (χ3n) is 3.93. The molecule has 3 aromatic rings. The highest BCUT2D eigenvalue weighted by Crippen LogP contribution is 2.37. The summed E-state index contributed by atoms with van der Waals surface area (Å²) in [5, 5.41) is 0. The number of methoxy groups -OCH3 is 2. The van der Waals surface area contributed by atoms with Gasteiger partial charge in [0.15, 0.2) is 5.75 Å². The molecule has 22 heavy (non-hydrogen) atoms. The predicted octanol–water partition coefficient (Wildman–Crippen LogP) is 2.85. The minimum Gasteiger partial charge on any atom is -0.491 e. The van der Waals surface area contributed by atoms with Gasteiger partial charge < -0.3 is 14.0 Å². The highest BCUT2D eigenvalue weighted by atomic mass is 16.5. The molecule has 0 radical (unpaired) electrons. The smallest absolute Gasteiger partial charge is 0.256 e. The van der Waals surface area contributed by atoms with Crippen LogP contribution in [0.25, 0.3) is 22.3 Å². The Morgan fingerprint density at radius 2 is 1.91 bits per heavy atom. The van der Waals surface area contributed by atoms with E-state index < -0.39 is 0 Å². The van der Waals surface area contributed by atoms with E-state index in [2.05, 4.69) is 19.5 Å². The van der Waals surface area contributed by atoms with Crippen molar-refractivity contribution in [2.24, 2.45) is 0 Å². The second-order valence-electron chi connectivity index (χ2n) is 5.38. The first kappa shape index (κ1) is 13.1. The first-order valence-electron chi connectivity index (χ1n) is 7.21. The summed E-state index contributed by atoms with van der Waals surface area (Å²) in [5.41, 5.74) is 3.73. The van der Waals surface area contributed by atoms with E-state index in [0.717, 1.165) is 22.3 Å². The van der Waals surface area contributed by atoms with Crippen LogP contribution in [0.3, 0.4) is 0 Å². The molecular weight excluding hydrogens is 280 g/mol. The van der Waals surface area contributed by atoms with Crippen molar-refractivity contribution in [1.82, 2.24) is 19.5 Å². The molecule has 6 nitrogen and oxygen atoms in total. The van der Waals surface area contributed by atoms with Crippen LogP contribution in [0.5, 0.6) is 11.6 Å². The highest BCUT2D eigenvalue weighted by molar-refractivity contribution is 5.79. The Labute approximate surface area is 127 Å². The van der Waals surface area contributed by atoms with Gasteiger partial charge in [0.1, 0.15) is 0 Å². The number of nitrogens with zero attached hydrogens (tertiary/aromatic N) is 4. The van der Waals surface area contributed by atoms with Crippen molar-refractivity contribution in [3.8, 4) is 22.9 Å². The monoisotopic (exact) mass is 296 g/mol. The van der Waals surface area contributed by atoms with Crippen LogP contribution in [0.4, 0.5) is 0 Å². The van der Waals surface area contributed by atoms with E-state index in [0.29, 0.717) is 17.7 Å². The van der Waals surface area contributed by atoms with Crippen molar-refractivity contribution in [1.29, 1.82) is 0 Å². The molecule has 0 aliphatic heterocycles. The van der Waals surface area contributed by atoms with Gasteiger partial charge in [0, 0.05) is 17.8 Å². The molecular formula is C16H16N4O2. The van der Waals surface area contributed by atoms with Crippen molar-refractivity contribution >= 4 is 11.0 Å². The topological polar surface area (TPSA) is 62.1 Å². The second-order valence-corrected chi connectivity index (χ2v) is 5.38. The van der Waals surface area contributed by atoms with E-state index in [-0.39, 0.29) is 0 Å². The molecule has 0 bridgehead atoms. The maximum atomic E-state index is 5.29. The Balaban J connectivity index is 1.77. The third-order valence-corrected chi connectivity index (χ3v) is 3.93. The number of imidazole rings is 1. The molecule has 6 heteroatoms. The zero-order valence-corrected chi connectivity index (χ0v) is 12.5. The van der Waals surface area contributed by atoms with Gasteiger partial charge in [-0.05, 0) is 25.0 Å². The molecule has 3 heterocycles. The lowest BCUT2D eigenvalue weighted by atomic mass is 10.2. The van der Waals surface area contributed by atoms with Gasteiger partial charge in [0.05, 0.1) is 43.5 Å². The molecule has 0 spiro atoms. The quantitative estimate of drug-likeness (QED) is 0.741. The lowest BCUT2D eigenvalue weighted by Crippen LogP contribution is -1.95. The van der Waals surface area contributed by atoms with Gasteiger partial charge in [-0.2, -0.15) is 0 Å². The van der Waals surface area contributed by atoms with Crippen LogP contribution in [-0.2, 0) is 0 Å². The van der Waals surface area contributed by atoms with Crippen LogP contribution in [0.2, 0.25) is 0 Å². The standard InChI is InChI=1S/C16H16N4O2/c1-21-15-5-10(7-18-16(15)22-2)12-6-13-14(8-17-12)20(9-19-13)11-3-4-11/h5-9,11H,3-4H2,1-2H3. The van der Waals surface area contributed by atoms with Gasteiger partial charge in [-0.1, -0.05) is 0 Å². The fraction of sp³-hybridized carbons (Fsp3) is 0.312. The Morgan fingerprint density at radius 1 is 1.05 bits per heavy atom. The number of fused-ring (bicyclic) bond motifs is 1. The van der Waals surface area contributed by atoms with Gasteiger partial charge in [-0.15, -0.1) is 0 Å². The number of ether oxygens (including phenoxy) is 2. The van der Waals surface area contributed by atoms with E-state index in [9.17, 15) is 0 Å². The molecule has 1 aliphatic carbocycles. The maximum Gasteiger partial charge on any atom is 0.256 e. The Kier molecular flexibility index (Phi) is 2.96. The van der Waals surface area contributed by atoms with Gasteiger partial charge >= 0.3 is 0 Å². The van der Waals surface area contributed by atoms with Crippen molar-refractivity contribution in [3.05, 3.63) is 30.9 Å². The van der Waals surface area contributed by atoms with Crippen LogP contribution in [0.15, 0.2) is 30.9 Å². The van der Waals surface area contributed by atoms with E-state index in [1.54, 1.807) is 20.4 Å². The first-order chi connectivity index (χ1) is 10.8. The molecule has 1 fully saturated rings. The minimum absolute atomic E-state index is 0.463. The van der Waals surface area contributed by atoms with Crippen LogP contribution < -0.4 is 9.47 Å². The molecule has 0 saturated heterocycles. The molecule has 0 amide bonds. The summed E-state index contributed by atoms with van der Waals surface area (Å²) < 4.78 is 12.7. The summed E-state index contributed by atoms with van der Waals surface area (Å²) in [6, 6.07) is 4.45. The summed E-state index contributed by atoms with van der Waals surface area (Å²) >= 11 is 0. The Morgan fingerprint density at radius 3 is 2.64 bits per heavy atom. The average Bonchev–Trinajstić information content (AvgIpc) is 3.33. The lowest BCUT2D eigenvalue weighted by molar-refractivity contribution is 0.343. The molecule has 0 atom stereocenters. The molecule has 0 aromatic carbocycles. The average molecular weight is 296 g/mol. The van der Waals surface area contributed by atoms with Crippen LogP contribution in [0.1, 0.15) is 18.9 Å². The zero-order chi connectivity index (χ0) is 15.1. The SMILES string of the molecule is COc1cc(-c2cc3ncn(C4CC4)c3cn2)cnc1OC. The summed E-state index contributed by atoms with van der Waals surface area (Å²) in [6.45, 7) is 0. The van der Waals surface area contributed by atoms with E-state index >= 15 is 0 Å². The summed E-state index contributed by atoms with van der Waals surface area (Å²) in [5.74, 6) is 1.05. The third kappa shape index (κ3) is 2.07. The fourth-order valence-corrected chi connectivity index (χ4v) is 2.60. The van der Waals surface area contributed by atoms with Crippen molar-refractivity contribution in [2.45, 2.75) is 18.9 Å². The van der Waals surface area contributed by atoms with Gasteiger partial charge in [-0.25, -0.2) is 9.97 Å². The van der Waals surface area contributed by atoms with Crippen molar-refractivity contribution in [3.63, 3.8) is 0 Å². The van der Waals surface area contributed by atoms with Gasteiger partial charge in [-0.3, -0.25) is 4.98 Å². The highest BCUT2D eigenvalue weighted by Gasteiger charge is 2.25. The summed E-state index contributed by atoms with van der Waals surface area (Å²) in [6.07, 6.45) is 7.97. The lowest BCUT2D eigenvalue weighted by Gasteiger charge is -2.08. The van der Waals surface area contributed by atoms with Gasteiger partial charge in [0.2, 0.25) is 0 Å². The Hall–Kier alpha value is -2.63. The summed E-state index contributed by atoms with van der Waals surface area (Å²) in [4.78, 5) is 13.3. The number of aromatic nitrogens is 4. The summed E-state index contributed by atoms with van der Waals surface area (Å²) in [7, 11) is 3.16. The van der Waals surface area contributed by atoms with Crippen LogP contribution in [-0.4, -0.2) is 33.7 Å². The van der Waals surface area contributed by atoms with Crippen LogP contribution >= 0.6 is 0 Å². The van der Waals surface area contributed by atoms with Crippen molar-refractivity contribution in [2.75, 3.05) is 14.2 Å². The molecule has 1 saturated carbocycles. The normalized spacial score (nSPS) is 14.3. The van der Waals surface area contributed by atoms with Crippen molar-refractivity contribution < 1.29 is 9.47 Å². The molecule has 112 valence electrons. The van der Waals surface area contributed by atoms with Crippen LogP contribution in [0, 0.1) is 0 Å². The molecule has 4 rings (SSSR count). The Bertz CT molecular complexity index is 839. The largest absolute Gasteiger partial charge is 0.491 e. The van der Waals surface area contributed by atoms with Gasteiger partial charge in [0.25, 0.3) is 5.88 Å². The van der Waals surface area contributed by atoms with E-state index in [4.69, 9.17) is 9.47 Å². The number of hydrogen-bond donors (Lipinski definition) is 0.